The van der Waals surface area contributed by atoms with Crippen molar-refractivity contribution in [3.05, 3.63) is 53.1 Å². The second-order valence-corrected chi connectivity index (χ2v) is 9.56. The number of aromatic nitrogens is 2. The first kappa shape index (κ1) is 24.7. The summed E-state index contributed by atoms with van der Waals surface area (Å²) in [6, 6.07) is 11.6. The van der Waals surface area contributed by atoms with Gasteiger partial charge in [0.15, 0.2) is 0 Å². The molecule has 1 N–H and O–H groups in total. The first-order valence-corrected chi connectivity index (χ1v) is 11.9. The molecule has 0 amide bonds. The SMILES string of the molecule is Cc1nc2c(n1C1CCN(CC3(c4ccccc4)CCOC3)C1)CCCC2.O=C(O)C(F)(F)F. The van der Waals surface area contributed by atoms with Crippen LogP contribution in [0.25, 0.3) is 0 Å². The van der Waals surface area contributed by atoms with E-state index in [2.05, 4.69) is 46.7 Å². The number of hydrogen-bond donors (Lipinski definition) is 1. The summed E-state index contributed by atoms with van der Waals surface area (Å²) < 4.78 is 40.2. The van der Waals surface area contributed by atoms with Gasteiger partial charge in [0, 0.05) is 43.4 Å². The standard InChI is InChI=1S/C23H31N3O.C2HF3O2/c1-18-24-21-9-5-6-10-22(21)26(18)20-11-13-25(15-20)16-23(12-14-27-17-23)19-7-3-2-4-8-19;3-2(4,5)1(6)7/h2-4,7-8,20H,5-6,9-17H2,1H3;(H,6,7). The lowest BCUT2D eigenvalue weighted by Crippen LogP contribution is -2.40. The largest absolute Gasteiger partial charge is 0.490 e. The van der Waals surface area contributed by atoms with Crippen molar-refractivity contribution in [2.45, 2.75) is 63.1 Å². The first-order chi connectivity index (χ1) is 16.2. The highest BCUT2D eigenvalue weighted by Gasteiger charge is 2.40. The van der Waals surface area contributed by atoms with Crippen molar-refractivity contribution >= 4 is 5.97 Å². The summed E-state index contributed by atoms with van der Waals surface area (Å²) in [4.78, 5) is 16.5. The Kier molecular flexibility index (Phi) is 7.33. The molecule has 2 fully saturated rings. The fraction of sp³-hybridized carbons (Fsp3) is 0.600. The number of halogens is 3. The number of nitrogens with zero attached hydrogens (tertiary/aromatic N) is 3. The average Bonchev–Trinajstić information content (AvgIpc) is 3.53. The van der Waals surface area contributed by atoms with Gasteiger partial charge in [0.25, 0.3) is 0 Å². The Balaban J connectivity index is 0.000000344. The van der Waals surface area contributed by atoms with Crippen LogP contribution in [0.15, 0.2) is 30.3 Å². The van der Waals surface area contributed by atoms with E-state index < -0.39 is 12.1 Å². The zero-order valence-electron chi connectivity index (χ0n) is 19.5. The maximum atomic E-state index is 10.6. The van der Waals surface area contributed by atoms with Crippen molar-refractivity contribution in [3.63, 3.8) is 0 Å². The molecule has 1 aromatic carbocycles. The van der Waals surface area contributed by atoms with E-state index in [0.717, 1.165) is 32.7 Å². The molecule has 1 aliphatic carbocycles. The lowest BCUT2D eigenvalue weighted by Gasteiger charge is -2.33. The van der Waals surface area contributed by atoms with Gasteiger partial charge in [-0.25, -0.2) is 9.78 Å². The number of rotatable bonds is 4. The fourth-order valence-electron chi connectivity index (χ4n) is 5.62. The normalized spacial score (nSPS) is 25.0. The molecule has 186 valence electrons. The average molecular weight is 480 g/mol. The van der Waals surface area contributed by atoms with Crippen LogP contribution >= 0.6 is 0 Å². The quantitative estimate of drug-likeness (QED) is 0.708. The third kappa shape index (κ3) is 5.30. The number of likely N-dealkylation sites (tertiary alicyclic amines) is 1. The Bertz CT molecular complexity index is 985. The van der Waals surface area contributed by atoms with Crippen LogP contribution in [0.2, 0.25) is 0 Å². The molecule has 3 aliphatic rings. The maximum Gasteiger partial charge on any atom is 0.490 e. The van der Waals surface area contributed by atoms with Crippen molar-refractivity contribution in [2.24, 2.45) is 0 Å². The molecule has 34 heavy (non-hydrogen) atoms. The van der Waals surface area contributed by atoms with Crippen LogP contribution in [0.3, 0.4) is 0 Å². The predicted octanol–water partition coefficient (Wildman–Crippen LogP) is 4.31. The number of alkyl halides is 3. The van der Waals surface area contributed by atoms with Crippen LogP contribution in [0, 0.1) is 6.92 Å². The molecular formula is C25H32F3N3O3. The molecule has 0 bridgehead atoms. The Morgan fingerprint density at radius 3 is 2.59 bits per heavy atom. The topological polar surface area (TPSA) is 67.6 Å². The van der Waals surface area contributed by atoms with Gasteiger partial charge in [-0.2, -0.15) is 13.2 Å². The molecule has 2 aliphatic heterocycles. The number of aryl methyl sites for hydroxylation is 2. The molecule has 6 nitrogen and oxygen atoms in total. The zero-order chi connectivity index (χ0) is 24.3. The number of benzene rings is 1. The van der Waals surface area contributed by atoms with Crippen LogP contribution in [0.4, 0.5) is 13.2 Å². The molecule has 2 unspecified atom stereocenters. The number of aliphatic carboxylic acids is 1. The lowest BCUT2D eigenvalue weighted by molar-refractivity contribution is -0.192. The lowest BCUT2D eigenvalue weighted by atomic mass is 9.79. The van der Waals surface area contributed by atoms with E-state index in [1.165, 1.54) is 61.4 Å². The van der Waals surface area contributed by atoms with E-state index in [1.54, 1.807) is 0 Å². The molecule has 0 radical (unpaired) electrons. The van der Waals surface area contributed by atoms with Crippen LogP contribution in [0.5, 0.6) is 0 Å². The third-order valence-electron chi connectivity index (χ3n) is 7.22. The molecule has 5 rings (SSSR count). The van der Waals surface area contributed by atoms with Gasteiger partial charge in [-0.05, 0) is 51.0 Å². The van der Waals surface area contributed by atoms with Crippen molar-refractivity contribution in [1.82, 2.24) is 14.5 Å². The van der Waals surface area contributed by atoms with Crippen molar-refractivity contribution in [1.29, 1.82) is 0 Å². The summed E-state index contributed by atoms with van der Waals surface area (Å²) in [5.74, 6) is -1.52. The van der Waals surface area contributed by atoms with Crippen molar-refractivity contribution < 1.29 is 27.8 Å². The number of fused-ring (bicyclic) bond motifs is 1. The van der Waals surface area contributed by atoms with E-state index in [4.69, 9.17) is 19.6 Å². The number of ether oxygens (including phenoxy) is 1. The van der Waals surface area contributed by atoms with Crippen LogP contribution in [-0.2, 0) is 27.8 Å². The van der Waals surface area contributed by atoms with Crippen molar-refractivity contribution in [3.8, 4) is 0 Å². The Morgan fingerprint density at radius 2 is 1.94 bits per heavy atom. The van der Waals surface area contributed by atoms with Gasteiger partial charge in [-0.3, -0.25) is 0 Å². The molecular weight excluding hydrogens is 447 g/mol. The molecule has 0 spiro atoms. The minimum absolute atomic E-state index is 0.166. The van der Waals surface area contributed by atoms with Gasteiger partial charge in [-0.15, -0.1) is 0 Å². The van der Waals surface area contributed by atoms with E-state index in [0.29, 0.717) is 6.04 Å². The van der Waals surface area contributed by atoms with Crippen LogP contribution in [-0.4, -0.2) is 64.6 Å². The molecule has 0 saturated carbocycles. The number of carboxylic acid groups (broad SMARTS) is 1. The van der Waals surface area contributed by atoms with Crippen LogP contribution in [0.1, 0.15) is 54.5 Å². The highest BCUT2D eigenvalue weighted by molar-refractivity contribution is 5.73. The second kappa shape index (κ2) is 10.1. The van der Waals surface area contributed by atoms with Gasteiger partial charge in [-0.1, -0.05) is 30.3 Å². The summed E-state index contributed by atoms with van der Waals surface area (Å²) >= 11 is 0. The summed E-state index contributed by atoms with van der Waals surface area (Å²) in [6.45, 7) is 7.41. The third-order valence-corrected chi connectivity index (χ3v) is 7.22. The first-order valence-electron chi connectivity index (χ1n) is 11.9. The summed E-state index contributed by atoms with van der Waals surface area (Å²) in [6.07, 6.45) is 2.32. The number of carboxylic acids is 1. The van der Waals surface area contributed by atoms with Crippen LogP contribution < -0.4 is 0 Å². The molecule has 2 atom stereocenters. The molecule has 9 heteroatoms. The number of carbonyl (C=O) groups is 1. The van der Waals surface area contributed by atoms with E-state index >= 15 is 0 Å². The smallest absolute Gasteiger partial charge is 0.475 e. The van der Waals surface area contributed by atoms with Crippen molar-refractivity contribution in [2.75, 3.05) is 32.8 Å². The van der Waals surface area contributed by atoms with E-state index in [1.807, 2.05) is 0 Å². The molecule has 3 heterocycles. The van der Waals surface area contributed by atoms with Gasteiger partial charge < -0.3 is 19.3 Å². The molecule has 2 aromatic rings. The summed E-state index contributed by atoms with van der Waals surface area (Å²) in [7, 11) is 0. The molecule has 1 aromatic heterocycles. The monoisotopic (exact) mass is 479 g/mol. The highest BCUT2D eigenvalue weighted by Crippen LogP contribution is 2.37. The van der Waals surface area contributed by atoms with E-state index in [9.17, 15) is 13.2 Å². The van der Waals surface area contributed by atoms with E-state index in [-0.39, 0.29) is 5.41 Å². The Hall–Kier alpha value is -2.39. The van der Waals surface area contributed by atoms with Gasteiger partial charge in [0.1, 0.15) is 5.82 Å². The summed E-state index contributed by atoms with van der Waals surface area (Å²) in [5, 5.41) is 7.12. The van der Waals surface area contributed by atoms with Gasteiger partial charge in [0.2, 0.25) is 0 Å². The zero-order valence-corrected chi connectivity index (χ0v) is 19.5. The fourth-order valence-corrected chi connectivity index (χ4v) is 5.62. The minimum atomic E-state index is -5.08. The second-order valence-electron chi connectivity index (χ2n) is 9.56. The predicted molar refractivity (Wildman–Crippen MR) is 121 cm³/mol. The van der Waals surface area contributed by atoms with Gasteiger partial charge >= 0.3 is 12.1 Å². The highest BCUT2D eigenvalue weighted by atomic mass is 19.4. The minimum Gasteiger partial charge on any atom is -0.475 e. The maximum absolute atomic E-state index is 10.6. The summed E-state index contributed by atoms with van der Waals surface area (Å²) in [5.41, 5.74) is 4.52. The Morgan fingerprint density at radius 1 is 1.24 bits per heavy atom. The van der Waals surface area contributed by atoms with Gasteiger partial charge in [0.05, 0.1) is 12.3 Å². The number of imidazole rings is 1. The molecule has 2 saturated heterocycles. The number of hydrogen-bond acceptors (Lipinski definition) is 4. The Labute approximate surface area is 197 Å².